The molecular formula is C19H24N4O2. The van der Waals surface area contributed by atoms with Crippen LogP contribution in [0.25, 0.3) is 11.1 Å². The Labute approximate surface area is 146 Å². The summed E-state index contributed by atoms with van der Waals surface area (Å²) >= 11 is 0. The third-order valence-corrected chi connectivity index (χ3v) is 4.85. The molecule has 3 rings (SSSR count). The van der Waals surface area contributed by atoms with Crippen molar-refractivity contribution < 1.29 is 4.79 Å². The first-order chi connectivity index (χ1) is 11.8. The second-order valence-electron chi connectivity index (χ2n) is 7.15. The van der Waals surface area contributed by atoms with Gasteiger partial charge in [0.25, 0.3) is 0 Å². The van der Waals surface area contributed by atoms with Crippen molar-refractivity contribution >= 4 is 17.3 Å². The molecule has 1 aromatic carbocycles. The standard InChI is InChI=1S/C19H24N4O2/c1-11-4-3-7-19(2,21)16-8-12(9-17(24)23-16)14-6-5-13(20)10-15(14)22-18(11)25/h5-6,8-11H,3-4,7,20-21H2,1-2H3,(H,22,25)(H,23,24). The first-order valence-corrected chi connectivity index (χ1v) is 8.51. The van der Waals surface area contributed by atoms with Crippen LogP contribution in [-0.4, -0.2) is 10.9 Å². The molecule has 0 saturated carbocycles. The molecule has 25 heavy (non-hydrogen) atoms. The molecule has 1 aliphatic heterocycles. The molecule has 0 fully saturated rings. The van der Waals surface area contributed by atoms with Crippen molar-refractivity contribution in [3.8, 4) is 11.1 Å². The normalized spacial score (nSPS) is 23.8. The molecule has 132 valence electrons. The Morgan fingerprint density at radius 1 is 1.20 bits per heavy atom. The Balaban J connectivity index is 2.23. The van der Waals surface area contributed by atoms with Crippen molar-refractivity contribution in [2.75, 3.05) is 11.1 Å². The quantitative estimate of drug-likeness (QED) is 0.552. The van der Waals surface area contributed by atoms with Gasteiger partial charge < -0.3 is 21.8 Å². The van der Waals surface area contributed by atoms with Crippen LogP contribution in [0.1, 0.15) is 38.8 Å². The molecule has 2 unspecified atom stereocenters. The van der Waals surface area contributed by atoms with E-state index in [1.807, 2.05) is 26.0 Å². The number of benzene rings is 1. The number of hydrogen-bond donors (Lipinski definition) is 4. The van der Waals surface area contributed by atoms with Gasteiger partial charge in [-0.1, -0.05) is 19.4 Å². The van der Waals surface area contributed by atoms with Crippen molar-refractivity contribution in [1.82, 2.24) is 4.98 Å². The van der Waals surface area contributed by atoms with Gasteiger partial charge >= 0.3 is 0 Å². The number of carbonyl (C=O) groups excluding carboxylic acids is 1. The Bertz CT molecular complexity index is 870. The van der Waals surface area contributed by atoms with E-state index in [-0.39, 0.29) is 17.4 Å². The van der Waals surface area contributed by atoms with Crippen LogP contribution in [0.15, 0.2) is 35.1 Å². The van der Waals surface area contributed by atoms with E-state index in [9.17, 15) is 9.59 Å². The second-order valence-corrected chi connectivity index (χ2v) is 7.15. The molecular weight excluding hydrogens is 316 g/mol. The second kappa shape index (κ2) is 6.37. The predicted molar refractivity (Wildman–Crippen MR) is 100 cm³/mol. The van der Waals surface area contributed by atoms with Gasteiger partial charge in [-0.05, 0) is 43.5 Å². The van der Waals surface area contributed by atoms with Crippen molar-refractivity contribution in [2.45, 2.75) is 38.6 Å². The summed E-state index contributed by atoms with van der Waals surface area (Å²) in [7, 11) is 0. The number of carbonyl (C=O) groups is 1. The minimum Gasteiger partial charge on any atom is -0.399 e. The summed E-state index contributed by atoms with van der Waals surface area (Å²) in [5, 5.41) is 2.96. The molecule has 1 amide bonds. The lowest BCUT2D eigenvalue weighted by atomic mass is 9.88. The van der Waals surface area contributed by atoms with E-state index in [2.05, 4.69) is 10.3 Å². The molecule has 2 bridgehead atoms. The summed E-state index contributed by atoms with van der Waals surface area (Å²) in [6.45, 7) is 3.81. The van der Waals surface area contributed by atoms with E-state index < -0.39 is 5.54 Å². The van der Waals surface area contributed by atoms with E-state index in [1.54, 1.807) is 12.1 Å². The molecule has 1 aliphatic rings. The molecule has 0 saturated heterocycles. The van der Waals surface area contributed by atoms with Gasteiger partial charge in [-0.2, -0.15) is 0 Å². The number of nitrogens with one attached hydrogen (secondary N) is 2. The number of rotatable bonds is 0. The third kappa shape index (κ3) is 3.58. The molecule has 2 heterocycles. The topological polar surface area (TPSA) is 114 Å². The van der Waals surface area contributed by atoms with Crippen molar-refractivity contribution in [3.63, 3.8) is 0 Å². The Hall–Kier alpha value is -2.60. The predicted octanol–water partition coefficient (Wildman–Crippen LogP) is 2.56. The molecule has 2 atom stereocenters. The zero-order valence-corrected chi connectivity index (χ0v) is 14.6. The van der Waals surface area contributed by atoms with Gasteiger partial charge in [0.2, 0.25) is 11.5 Å². The van der Waals surface area contributed by atoms with E-state index in [4.69, 9.17) is 11.5 Å². The fourth-order valence-electron chi connectivity index (χ4n) is 3.22. The SMILES string of the molecule is CC1CCCC(C)(N)c2cc(cc(=O)[nH]2)-c2ccc(N)cc2NC1=O. The summed E-state index contributed by atoms with van der Waals surface area (Å²) in [4.78, 5) is 27.5. The maximum atomic E-state index is 12.5. The lowest BCUT2D eigenvalue weighted by Gasteiger charge is -2.27. The van der Waals surface area contributed by atoms with Gasteiger partial charge in [0.1, 0.15) is 0 Å². The van der Waals surface area contributed by atoms with Crippen LogP contribution in [0.5, 0.6) is 0 Å². The monoisotopic (exact) mass is 340 g/mol. The maximum Gasteiger partial charge on any atom is 0.248 e. The number of aromatic nitrogens is 1. The van der Waals surface area contributed by atoms with Gasteiger partial charge in [0.05, 0.1) is 11.2 Å². The number of nitrogen functional groups attached to an aromatic ring is 1. The zero-order chi connectivity index (χ0) is 18.2. The lowest BCUT2D eigenvalue weighted by Crippen LogP contribution is -2.36. The van der Waals surface area contributed by atoms with Gasteiger partial charge in [0, 0.05) is 28.9 Å². The highest BCUT2D eigenvalue weighted by molar-refractivity contribution is 5.97. The Morgan fingerprint density at radius 3 is 2.72 bits per heavy atom. The van der Waals surface area contributed by atoms with Crippen LogP contribution in [0.4, 0.5) is 11.4 Å². The van der Waals surface area contributed by atoms with Crippen LogP contribution in [0, 0.1) is 5.92 Å². The summed E-state index contributed by atoms with van der Waals surface area (Å²) in [5.74, 6) is -0.196. The number of H-pyrrole nitrogens is 1. The molecule has 2 aromatic rings. The number of aromatic amines is 1. The van der Waals surface area contributed by atoms with Crippen molar-refractivity contribution in [2.24, 2.45) is 11.7 Å². The van der Waals surface area contributed by atoms with E-state index in [0.29, 0.717) is 29.1 Å². The van der Waals surface area contributed by atoms with Crippen LogP contribution >= 0.6 is 0 Å². The van der Waals surface area contributed by atoms with E-state index in [0.717, 1.165) is 18.4 Å². The molecule has 0 radical (unpaired) electrons. The smallest absolute Gasteiger partial charge is 0.248 e. The minimum atomic E-state index is -0.668. The highest BCUT2D eigenvalue weighted by Crippen LogP contribution is 2.33. The lowest BCUT2D eigenvalue weighted by molar-refractivity contribution is -0.119. The highest BCUT2D eigenvalue weighted by atomic mass is 16.2. The van der Waals surface area contributed by atoms with Crippen molar-refractivity contribution in [3.05, 3.63) is 46.4 Å². The maximum absolute atomic E-state index is 12.5. The van der Waals surface area contributed by atoms with Gasteiger partial charge in [-0.3, -0.25) is 9.59 Å². The van der Waals surface area contributed by atoms with Crippen molar-refractivity contribution in [1.29, 1.82) is 0 Å². The number of fused-ring (bicyclic) bond motifs is 4. The first kappa shape index (κ1) is 17.2. The molecule has 6 heteroatoms. The number of anilines is 2. The van der Waals surface area contributed by atoms with Crippen LogP contribution in [-0.2, 0) is 10.3 Å². The summed E-state index contributed by atoms with van der Waals surface area (Å²) < 4.78 is 0. The van der Waals surface area contributed by atoms with Gasteiger partial charge in [-0.25, -0.2) is 0 Å². The minimum absolute atomic E-state index is 0.0591. The molecule has 6 nitrogen and oxygen atoms in total. The number of hydrogen-bond acceptors (Lipinski definition) is 4. The Morgan fingerprint density at radius 2 is 1.96 bits per heavy atom. The van der Waals surface area contributed by atoms with E-state index in [1.165, 1.54) is 6.07 Å². The number of pyridine rings is 1. The summed E-state index contributed by atoms with van der Waals surface area (Å²) in [6, 6.07) is 8.67. The zero-order valence-electron chi connectivity index (χ0n) is 14.6. The number of amides is 1. The summed E-state index contributed by atoms with van der Waals surface area (Å²) in [6.07, 6.45) is 2.19. The van der Waals surface area contributed by atoms with E-state index >= 15 is 0 Å². The number of nitrogens with two attached hydrogens (primary N) is 2. The third-order valence-electron chi connectivity index (χ3n) is 4.85. The van der Waals surface area contributed by atoms with Crippen LogP contribution in [0.2, 0.25) is 0 Å². The average molecular weight is 340 g/mol. The molecule has 6 N–H and O–H groups in total. The van der Waals surface area contributed by atoms with Gasteiger partial charge in [-0.15, -0.1) is 0 Å². The van der Waals surface area contributed by atoms with Gasteiger partial charge in [0.15, 0.2) is 0 Å². The molecule has 0 aliphatic carbocycles. The fourth-order valence-corrected chi connectivity index (χ4v) is 3.22. The molecule has 0 spiro atoms. The van der Waals surface area contributed by atoms with Crippen LogP contribution in [0.3, 0.4) is 0 Å². The molecule has 1 aromatic heterocycles. The summed E-state index contributed by atoms with van der Waals surface area (Å²) in [5.41, 5.74) is 14.8. The fraction of sp³-hybridized carbons (Fsp3) is 0.368. The highest BCUT2D eigenvalue weighted by Gasteiger charge is 2.25. The Kier molecular flexibility index (Phi) is 4.39. The average Bonchev–Trinajstić information content (AvgIpc) is 2.53. The first-order valence-electron chi connectivity index (χ1n) is 8.51. The largest absolute Gasteiger partial charge is 0.399 e. The van der Waals surface area contributed by atoms with Crippen LogP contribution < -0.4 is 22.3 Å².